The first kappa shape index (κ1) is 17.5. The molecule has 6 nitrogen and oxygen atoms in total. The molecule has 0 spiro atoms. The van der Waals surface area contributed by atoms with Crippen LogP contribution in [0.1, 0.15) is 12.5 Å². The molecule has 0 aliphatic rings. The molecule has 0 atom stereocenters. The van der Waals surface area contributed by atoms with Crippen molar-refractivity contribution in [2.75, 3.05) is 13.2 Å². The molecule has 0 amide bonds. The zero-order valence-corrected chi connectivity index (χ0v) is 14.3. The Balaban J connectivity index is 1.73. The molecule has 1 aromatic heterocycles. The van der Waals surface area contributed by atoms with Crippen molar-refractivity contribution in [2.45, 2.75) is 13.5 Å². The molecule has 0 aliphatic carbocycles. The molecule has 1 heterocycles. The number of esters is 1. The number of ether oxygens (including phenoxy) is 3. The first-order chi connectivity index (χ1) is 12.7. The first-order valence-electron chi connectivity index (χ1n) is 8.19. The fourth-order valence-electron chi connectivity index (χ4n) is 2.34. The standard InChI is InChI=1S/C20H18O6/c1-2-23-19(21)13-24-16-9-8-15-10-18(20(22)26-17(15)11-16)25-12-14-6-4-3-5-7-14/h3-11H,2,12-13H2,1H3. The maximum atomic E-state index is 12.1. The molecule has 0 N–H and O–H groups in total. The van der Waals surface area contributed by atoms with Crippen molar-refractivity contribution >= 4 is 16.9 Å². The third-order valence-electron chi connectivity index (χ3n) is 3.57. The summed E-state index contributed by atoms with van der Waals surface area (Å²) in [4.78, 5) is 23.4. The molecule has 0 bridgehead atoms. The molecular weight excluding hydrogens is 336 g/mol. The quantitative estimate of drug-likeness (QED) is 0.479. The predicted molar refractivity (Wildman–Crippen MR) is 95.4 cm³/mol. The minimum atomic E-state index is -0.573. The van der Waals surface area contributed by atoms with Crippen LogP contribution in [0.25, 0.3) is 11.0 Å². The van der Waals surface area contributed by atoms with Gasteiger partial charge in [0, 0.05) is 11.5 Å². The number of benzene rings is 2. The van der Waals surface area contributed by atoms with Gasteiger partial charge in [-0.15, -0.1) is 0 Å². The van der Waals surface area contributed by atoms with Gasteiger partial charge in [-0.1, -0.05) is 30.3 Å². The number of rotatable bonds is 7. The number of carbonyl (C=O) groups is 1. The Labute approximate surface area is 149 Å². The molecule has 6 heteroatoms. The summed E-state index contributed by atoms with van der Waals surface area (Å²) in [7, 11) is 0. The molecule has 0 unspecified atom stereocenters. The zero-order valence-electron chi connectivity index (χ0n) is 14.3. The van der Waals surface area contributed by atoms with Gasteiger partial charge in [-0.3, -0.25) is 0 Å². The van der Waals surface area contributed by atoms with Crippen LogP contribution in [-0.4, -0.2) is 19.2 Å². The second-order valence-electron chi connectivity index (χ2n) is 5.47. The summed E-state index contributed by atoms with van der Waals surface area (Å²) < 4.78 is 21.0. The lowest BCUT2D eigenvalue weighted by atomic mass is 10.2. The third kappa shape index (κ3) is 4.42. The minimum Gasteiger partial charge on any atom is -0.482 e. The maximum absolute atomic E-state index is 12.1. The van der Waals surface area contributed by atoms with Gasteiger partial charge in [0.2, 0.25) is 5.75 Å². The van der Waals surface area contributed by atoms with Crippen molar-refractivity contribution in [2.24, 2.45) is 0 Å². The van der Waals surface area contributed by atoms with Crippen molar-refractivity contribution in [3.05, 3.63) is 70.6 Å². The molecule has 0 radical (unpaired) electrons. The van der Waals surface area contributed by atoms with E-state index in [1.807, 2.05) is 30.3 Å². The van der Waals surface area contributed by atoms with E-state index in [0.717, 1.165) is 5.56 Å². The van der Waals surface area contributed by atoms with E-state index in [0.29, 0.717) is 23.3 Å². The van der Waals surface area contributed by atoms with E-state index in [1.54, 1.807) is 31.2 Å². The number of carbonyl (C=O) groups excluding carboxylic acids is 1. The Bertz CT molecular complexity index is 945. The third-order valence-corrected chi connectivity index (χ3v) is 3.57. The van der Waals surface area contributed by atoms with Crippen LogP contribution in [0.5, 0.6) is 11.5 Å². The molecule has 2 aromatic carbocycles. The number of fused-ring (bicyclic) bond motifs is 1. The molecule has 0 saturated heterocycles. The average molecular weight is 354 g/mol. The van der Waals surface area contributed by atoms with Crippen molar-refractivity contribution in [3.63, 3.8) is 0 Å². The van der Waals surface area contributed by atoms with Crippen molar-refractivity contribution in [1.82, 2.24) is 0 Å². The smallest absolute Gasteiger partial charge is 0.379 e. The maximum Gasteiger partial charge on any atom is 0.379 e. The summed E-state index contributed by atoms with van der Waals surface area (Å²) >= 11 is 0. The van der Waals surface area contributed by atoms with E-state index in [-0.39, 0.29) is 19.0 Å². The van der Waals surface area contributed by atoms with Gasteiger partial charge in [0.15, 0.2) is 6.61 Å². The van der Waals surface area contributed by atoms with Gasteiger partial charge in [-0.05, 0) is 30.7 Å². The highest BCUT2D eigenvalue weighted by molar-refractivity contribution is 5.79. The van der Waals surface area contributed by atoms with Gasteiger partial charge in [-0.25, -0.2) is 9.59 Å². The summed E-state index contributed by atoms with van der Waals surface area (Å²) in [6.07, 6.45) is 0. The lowest BCUT2D eigenvalue weighted by Gasteiger charge is -2.08. The topological polar surface area (TPSA) is 75.0 Å². The van der Waals surface area contributed by atoms with Gasteiger partial charge in [0.25, 0.3) is 0 Å². The fourth-order valence-corrected chi connectivity index (χ4v) is 2.34. The summed E-state index contributed by atoms with van der Waals surface area (Å²) in [6.45, 7) is 2.08. The van der Waals surface area contributed by atoms with Crippen LogP contribution in [0.2, 0.25) is 0 Å². The summed E-state index contributed by atoms with van der Waals surface area (Å²) in [5.41, 5.74) is 0.731. The molecule has 0 aliphatic heterocycles. The van der Waals surface area contributed by atoms with Crippen LogP contribution in [0.15, 0.2) is 63.8 Å². The van der Waals surface area contributed by atoms with Gasteiger partial charge < -0.3 is 18.6 Å². The molecular formula is C20H18O6. The van der Waals surface area contributed by atoms with Gasteiger partial charge in [-0.2, -0.15) is 0 Å². The predicted octanol–water partition coefficient (Wildman–Crippen LogP) is 3.31. The second kappa shape index (κ2) is 8.20. The van der Waals surface area contributed by atoms with Crippen LogP contribution in [0.4, 0.5) is 0 Å². The van der Waals surface area contributed by atoms with Crippen LogP contribution < -0.4 is 15.1 Å². The van der Waals surface area contributed by atoms with E-state index in [9.17, 15) is 9.59 Å². The van der Waals surface area contributed by atoms with E-state index in [1.165, 1.54) is 0 Å². The normalized spacial score (nSPS) is 10.5. The molecule has 134 valence electrons. The van der Waals surface area contributed by atoms with Gasteiger partial charge in [0.1, 0.15) is 17.9 Å². The fraction of sp³-hybridized carbons (Fsp3) is 0.200. The van der Waals surface area contributed by atoms with Crippen molar-refractivity contribution in [3.8, 4) is 11.5 Å². The first-order valence-corrected chi connectivity index (χ1v) is 8.19. The van der Waals surface area contributed by atoms with Crippen LogP contribution in [0, 0.1) is 0 Å². The van der Waals surface area contributed by atoms with Crippen LogP contribution in [0.3, 0.4) is 0 Å². The van der Waals surface area contributed by atoms with E-state index >= 15 is 0 Å². The zero-order chi connectivity index (χ0) is 18.4. The SMILES string of the molecule is CCOC(=O)COc1ccc2cc(OCc3ccccc3)c(=O)oc2c1. The Hall–Kier alpha value is -3.28. The van der Waals surface area contributed by atoms with Crippen LogP contribution in [-0.2, 0) is 16.1 Å². The molecule has 26 heavy (non-hydrogen) atoms. The number of hydrogen-bond acceptors (Lipinski definition) is 6. The number of hydrogen-bond donors (Lipinski definition) is 0. The Morgan fingerprint density at radius 3 is 2.62 bits per heavy atom. The Morgan fingerprint density at radius 2 is 1.85 bits per heavy atom. The highest BCUT2D eigenvalue weighted by Crippen LogP contribution is 2.23. The van der Waals surface area contributed by atoms with Crippen molar-refractivity contribution in [1.29, 1.82) is 0 Å². The monoisotopic (exact) mass is 354 g/mol. The summed E-state index contributed by atoms with van der Waals surface area (Å²) in [5, 5.41) is 0.691. The molecule has 0 fully saturated rings. The van der Waals surface area contributed by atoms with E-state index in [2.05, 4.69) is 0 Å². The largest absolute Gasteiger partial charge is 0.482 e. The lowest BCUT2D eigenvalue weighted by molar-refractivity contribution is -0.145. The molecule has 0 saturated carbocycles. The highest BCUT2D eigenvalue weighted by Gasteiger charge is 2.09. The van der Waals surface area contributed by atoms with Crippen LogP contribution >= 0.6 is 0 Å². The second-order valence-corrected chi connectivity index (χ2v) is 5.47. The molecule has 3 rings (SSSR count). The van der Waals surface area contributed by atoms with E-state index in [4.69, 9.17) is 18.6 Å². The Kier molecular flexibility index (Phi) is 5.53. The lowest BCUT2D eigenvalue weighted by Crippen LogP contribution is -2.14. The van der Waals surface area contributed by atoms with Gasteiger partial charge in [0.05, 0.1) is 6.61 Å². The highest BCUT2D eigenvalue weighted by atomic mass is 16.6. The molecule has 3 aromatic rings. The van der Waals surface area contributed by atoms with Gasteiger partial charge >= 0.3 is 11.6 Å². The average Bonchev–Trinajstić information content (AvgIpc) is 2.65. The van der Waals surface area contributed by atoms with E-state index < -0.39 is 11.6 Å². The summed E-state index contributed by atoms with van der Waals surface area (Å²) in [6, 6.07) is 16.1. The summed E-state index contributed by atoms with van der Waals surface area (Å²) in [5.74, 6) is 0.0897. The minimum absolute atomic E-state index is 0.140. The Morgan fingerprint density at radius 1 is 1.04 bits per heavy atom. The van der Waals surface area contributed by atoms with Crippen molar-refractivity contribution < 1.29 is 23.4 Å².